The first-order valence-corrected chi connectivity index (χ1v) is 6.83. The van der Waals surface area contributed by atoms with Crippen LogP contribution < -0.4 is 4.74 Å². The van der Waals surface area contributed by atoms with E-state index in [0.29, 0.717) is 5.19 Å². The second-order valence-corrected chi connectivity index (χ2v) is 6.91. The standard InChI is InChI=1S/C12H13BrN2OS/c1-12(2,3)8-4-6-9(7-5-8)16-11-15-14-10(13)17-11/h4-7H,1-3H3. The molecule has 3 nitrogen and oxygen atoms in total. The van der Waals surface area contributed by atoms with Crippen molar-refractivity contribution in [1.82, 2.24) is 10.2 Å². The molecule has 0 aliphatic heterocycles. The molecular formula is C12H13BrN2OS. The monoisotopic (exact) mass is 312 g/mol. The topological polar surface area (TPSA) is 35.0 Å². The van der Waals surface area contributed by atoms with Crippen LogP contribution in [0.2, 0.25) is 0 Å². The minimum Gasteiger partial charge on any atom is -0.430 e. The number of nitrogens with zero attached hydrogens (tertiary/aromatic N) is 2. The van der Waals surface area contributed by atoms with E-state index in [-0.39, 0.29) is 5.41 Å². The Morgan fingerprint density at radius 3 is 2.24 bits per heavy atom. The summed E-state index contributed by atoms with van der Waals surface area (Å²) in [5.41, 5.74) is 1.44. The lowest BCUT2D eigenvalue weighted by molar-refractivity contribution is 0.472. The molecule has 17 heavy (non-hydrogen) atoms. The van der Waals surface area contributed by atoms with Crippen LogP contribution in [0, 0.1) is 0 Å². The van der Waals surface area contributed by atoms with E-state index < -0.39 is 0 Å². The van der Waals surface area contributed by atoms with Gasteiger partial charge in [0.25, 0.3) is 5.19 Å². The summed E-state index contributed by atoms with van der Waals surface area (Å²) >= 11 is 4.61. The minimum absolute atomic E-state index is 0.157. The van der Waals surface area contributed by atoms with Crippen molar-refractivity contribution in [2.75, 3.05) is 0 Å². The maximum atomic E-state index is 5.58. The predicted molar refractivity (Wildman–Crippen MR) is 72.8 cm³/mol. The molecule has 0 fully saturated rings. The van der Waals surface area contributed by atoms with Crippen LogP contribution in [0.4, 0.5) is 0 Å². The fourth-order valence-corrected chi connectivity index (χ4v) is 2.30. The van der Waals surface area contributed by atoms with E-state index in [1.807, 2.05) is 12.1 Å². The lowest BCUT2D eigenvalue weighted by Gasteiger charge is -2.18. The highest BCUT2D eigenvalue weighted by Crippen LogP contribution is 2.29. The predicted octanol–water partition coefficient (Wildman–Crippen LogP) is 4.39. The highest BCUT2D eigenvalue weighted by atomic mass is 79.9. The van der Waals surface area contributed by atoms with Gasteiger partial charge < -0.3 is 4.74 Å². The van der Waals surface area contributed by atoms with Gasteiger partial charge in [0.1, 0.15) is 5.75 Å². The van der Waals surface area contributed by atoms with Crippen LogP contribution in [-0.2, 0) is 5.41 Å². The van der Waals surface area contributed by atoms with Crippen molar-refractivity contribution in [3.05, 3.63) is 33.7 Å². The van der Waals surface area contributed by atoms with Gasteiger partial charge in [-0.25, -0.2) is 0 Å². The molecule has 90 valence electrons. The third-order valence-electron chi connectivity index (χ3n) is 2.31. The van der Waals surface area contributed by atoms with Crippen molar-refractivity contribution in [1.29, 1.82) is 0 Å². The van der Waals surface area contributed by atoms with E-state index in [0.717, 1.165) is 9.67 Å². The van der Waals surface area contributed by atoms with Gasteiger partial charge in [-0.2, -0.15) is 0 Å². The average molecular weight is 313 g/mol. The molecule has 0 atom stereocenters. The number of hydrogen-bond acceptors (Lipinski definition) is 4. The molecule has 0 radical (unpaired) electrons. The first-order chi connectivity index (χ1) is 7.95. The van der Waals surface area contributed by atoms with Gasteiger partial charge in [-0.1, -0.05) is 38.0 Å². The molecular weight excluding hydrogens is 300 g/mol. The maximum Gasteiger partial charge on any atom is 0.300 e. The average Bonchev–Trinajstić information content (AvgIpc) is 2.63. The van der Waals surface area contributed by atoms with E-state index in [4.69, 9.17) is 4.74 Å². The maximum absolute atomic E-state index is 5.58. The van der Waals surface area contributed by atoms with Gasteiger partial charge >= 0.3 is 0 Å². The van der Waals surface area contributed by atoms with Gasteiger partial charge in [0, 0.05) is 0 Å². The number of rotatable bonds is 2. The van der Waals surface area contributed by atoms with Crippen LogP contribution >= 0.6 is 27.3 Å². The molecule has 1 aromatic heterocycles. The Labute approximate surface area is 113 Å². The fraction of sp³-hybridized carbons (Fsp3) is 0.333. The molecule has 5 heteroatoms. The molecule has 0 saturated heterocycles. The third kappa shape index (κ3) is 3.26. The summed E-state index contributed by atoms with van der Waals surface area (Å²) in [7, 11) is 0. The minimum atomic E-state index is 0.157. The zero-order valence-corrected chi connectivity index (χ0v) is 12.3. The van der Waals surface area contributed by atoms with Gasteiger partial charge in [-0.05, 0) is 50.4 Å². The van der Waals surface area contributed by atoms with E-state index in [1.54, 1.807) is 0 Å². The molecule has 0 aliphatic carbocycles. The van der Waals surface area contributed by atoms with Crippen molar-refractivity contribution in [2.45, 2.75) is 26.2 Å². The van der Waals surface area contributed by atoms with E-state index in [2.05, 4.69) is 59.0 Å². The largest absolute Gasteiger partial charge is 0.430 e. The molecule has 0 spiro atoms. The first-order valence-electron chi connectivity index (χ1n) is 5.22. The molecule has 0 bridgehead atoms. The van der Waals surface area contributed by atoms with Crippen molar-refractivity contribution in [3.8, 4) is 10.9 Å². The van der Waals surface area contributed by atoms with Gasteiger partial charge in [-0.3, -0.25) is 0 Å². The molecule has 2 aromatic rings. The Bertz CT molecular complexity index is 502. The summed E-state index contributed by atoms with van der Waals surface area (Å²) in [4.78, 5) is 0. The van der Waals surface area contributed by atoms with Gasteiger partial charge in [0.2, 0.25) is 0 Å². The van der Waals surface area contributed by atoms with Crippen molar-refractivity contribution >= 4 is 27.3 Å². The summed E-state index contributed by atoms with van der Waals surface area (Å²) < 4.78 is 6.30. The summed E-state index contributed by atoms with van der Waals surface area (Å²) in [5.74, 6) is 0.779. The van der Waals surface area contributed by atoms with Crippen molar-refractivity contribution < 1.29 is 4.74 Å². The molecule has 0 N–H and O–H groups in total. The lowest BCUT2D eigenvalue weighted by Crippen LogP contribution is -2.10. The second kappa shape index (κ2) is 4.74. The third-order valence-corrected chi connectivity index (χ3v) is 3.54. The van der Waals surface area contributed by atoms with Gasteiger partial charge in [0.05, 0.1) is 0 Å². The Hall–Kier alpha value is -0.940. The number of benzene rings is 1. The zero-order valence-electron chi connectivity index (χ0n) is 9.90. The smallest absolute Gasteiger partial charge is 0.300 e. The summed E-state index contributed by atoms with van der Waals surface area (Å²) in [6.07, 6.45) is 0. The summed E-state index contributed by atoms with van der Waals surface area (Å²) in [6.45, 7) is 6.56. The van der Waals surface area contributed by atoms with E-state index in [1.165, 1.54) is 16.9 Å². The Balaban J connectivity index is 2.13. The molecule has 0 unspecified atom stereocenters. The molecule has 0 saturated carbocycles. The number of halogens is 1. The lowest BCUT2D eigenvalue weighted by atomic mass is 9.87. The molecule has 1 heterocycles. The van der Waals surface area contributed by atoms with Crippen LogP contribution in [0.3, 0.4) is 0 Å². The fourth-order valence-electron chi connectivity index (χ4n) is 1.36. The van der Waals surface area contributed by atoms with Gasteiger partial charge in [-0.15, -0.1) is 5.10 Å². The first kappa shape index (κ1) is 12.5. The van der Waals surface area contributed by atoms with Crippen LogP contribution in [-0.4, -0.2) is 10.2 Å². The van der Waals surface area contributed by atoms with E-state index in [9.17, 15) is 0 Å². The highest BCUT2D eigenvalue weighted by Gasteiger charge is 2.13. The second-order valence-electron chi connectivity index (χ2n) is 4.70. The quantitative estimate of drug-likeness (QED) is 0.825. The number of ether oxygens (including phenoxy) is 1. The molecule has 1 aromatic carbocycles. The molecule has 0 amide bonds. The Morgan fingerprint density at radius 1 is 1.12 bits per heavy atom. The normalized spacial score (nSPS) is 11.5. The molecule has 2 rings (SSSR count). The van der Waals surface area contributed by atoms with Crippen molar-refractivity contribution in [2.24, 2.45) is 0 Å². The molecule has 0 aliphatic rings. The van der Waals surface area contributed by atoms with Crippen LogP contribution in [0.25, 0.3) is 0 Å². The van der Waals surface area contributed by atoms with Gasteiger partial charge in [0.15, 0.2) is 3.92 Å². The summed E-state index contributed by atoms with van der Waals surface area (Å²) in [5, 5.41) is 8.25. The Kier molecular flexibility index (Phi) is 3.49. The van der Waals surface area contributed by atoms with Crippen LogP contribution in [0.15, 0.2) is 28.2 Å². The SMILES string of the molecule is CC(C)(C)c1ccc(Oc2nnc(Br)s2)cc1. The van der Waals surface area contributed by atoms with Crippen LogP contribution in [0.1, 0.15) is 26.3 Å². The Morgan fingerprint density at radius 2 is 1.76 bits per heavy atom. The van der Waals surface area contributed by atoms with E-state index >= 15 is 0 Å². The van der Waals surface area contributed by atoms with Crippen molar-refractivity contribution in [3.63, 3.8) is 0 Å². The summed E-state index contributed by atoms with van der Waals surface area (Å²) in [6, 6.07) is 8.06. The number of hydrogen-bond donors (Lipinski definition) is 0. The number of aromatic nitrogens is 2. The van der Waals surface area contributed by atoms with Crippen LogP contribution in [0.5, 0.6) is 10.9 Å². The zero-order chi connectivity index (χ0) is 12.5. The highest BCUT2D eigenvalue weighted by molar-refractivity contribution is 9.11.